The van der Waals surface area contributed by atoms with E-state index in [-0.39, 0.29) is 5.78 Å². The average Bonchev–Trinajstić information content (AvgIpc) is 2.91. The SMILES string of the molecule is O=C(c1ccccc1)[C@@]1(c2ccccc2)OCCS1=O. The molecule has 1 unspecified atom stereocenters. The highest BCUT2D eigenvalue weighted by molar-refractivity contribution is 7.87. The Labute approximate surface area is 120 Å². The lowest BCUT2D eigenvalue weighted by Crippen LogP contribution is -2.38. The van der Waals surface area contributed by atoms with E-state index >= 15 is 0 Å². The van der Waals surface area contributed by atoms with Crippen LogP contribution in [0.15, 0.2) is 60.7 Å². The largest absolute Gasteiger partial charge is 0.350 e. The molecule has 2 aromatic rings. The summed E-state index contributed by atoms with van der Waals surface area (Å²) in [5, 5.41) is 0. The molecule has 1 saturated heterocycles. The van der Waals surface area contributed by atoms with Crippen LogP contribution >= 0.6 is 0 Å². The van der Waals surface area contributed by atoms with Gasteiger partial charge in [0.1, 0.15) is 0 Å². The first kappa shape index (κ1) is 13.2. The van der Waals surface area contributed by atoms with Crippen molar-refractivity contribution in [1.29, 1.82) is 0 Å². The molecule has 4 heteroatoms. The summed E-state index contributed by atoms with van der Waals surface area (Å²) in [4.78, 5) is 11.5. The van der Waals surface area contributed by atoms with Gasteiger partial charge in [0.15, 0.2) is 0 Å². The van der Waals surface area contributed by atoms with Crippen molar-refractivity contribution in [3.8, 4) is 0 Å². The molecule has 0 amide bonds. The Balaban J connectivity index is 2.13. The maximum absolute atomic E-state index is 12.9. The molecule has 1 aliphatic heterocycles. The zero-order valence-electron chi connectivity index (χ0n) is 10.8. The monoisotopic (exact) mass is 286 g/mol. The Morgan fingerprint density at radius 2 is 1.60 bits per heavy atom. The number of Topliss-reactive ketones (excluding diaryl/α,β-unsaturated/α-hetero) is 1. The maximum Gasteiger partial charge on any atom is 0.231 e. The highest BCUT2D eigenvalue weighted by atomic mass is 32.2. The molecule has 0 saturated carbocycles. The number of carbonyl (C=O) groups excluding carboxylic acids is 1. The van der Waals surface area contributed by atoms with Gasteiger partial charge in [-0.05, 0) is 0 Å². The van der Waals surface area contributed by atoms with Gasteiger partial charge in [0.05, 0.1) is 23.2 Å². The maximum atomic E-state index is 12.9. The van der Waals surface area contributed by atoms with Crippen LogP contribution in [0.1, 0.15) is 15.9 Å². The molecule has 0 aliphatic carbocycles. The molecule has 1 aliphatic rings. The van der Waals surface area contributed by atoms with Crippen LogP contribution in [0, 0.1) is 0 Å². The van der Waals surface area contributed by atoms with Crippen molar-refractivity contribution in [2.45, 2.75) is 4.93 Å². The van der Waals surface area contributed by atoms with Crippen LogP contribution in [0.5, 0.6) is 0 Å². The zero-order valence-corrected chi connectivity index (χ0v) is 11.6. The van der Waals surface area contributed by atoms with Crippen LogP contribution in [0.25, 0.3) is 0 Å². The van der Waals surface area contributed by atoms with Crippen molar-refractivity contribution in [2.24, 2.45) is 0 Å². The molecule has 1 fully saturated rings. The van der Waals surface area contributed by atoms with Gasteiger partial charge in [0.2, 0.25) is 10.7 Å². The van der Waals surface area contributed by atoms with Crippen molar-refractivity contribution < 1.29 is 13.7 Å². The molecule has 0 radical (unpaired) electrons. The standard InChI is InChI=1S/C16H14O3S/c17-15(13-7-3-1-4-8-13)16(19-11-12-20(16)18)14-9-5-2-6-10-14/h1-10H,11-12H2/t16-,20?/m0/s1. The van der Waals surface area contributed by atoms with Crippen LogP contribution in [0.4, 0.5) is 0 Å². The Bertz CT molecular complexity index is 639. The highest BCUT2D eigenvalue weighted by Gasteiger charge is 2.51. The lowest BCUT2D eigenvalue weighted by atomic mass is 9.99. The zero-order chi connectivity index (χ0) is 14.0. The molecule has 0 aromatic heterocycles. The lowest BCUT2D eigenvalue weighted by Gasteiger charge is -2.26. The van der Waals surface area contributed by atoms with Crippen LogP contribution in [-0.4, -0.2) is 22.4 Å². The molecule has 0 spiro atoms. The molecule has 0 bridgehead atoms. The number of carbonyl (C=O) groups is 1. The predicted molar refractivity (Wildman–Crippen MR) is 77.9 cm³/mol. The molecule has 2 aromatic carbocycles. The van der Waals surface area contributed by atoms with Gasteiger partial charge < -0.3 is 4.74 Å². The molecule has 102 valence electrons. The van der Waals surface area contributed by atoms with Gasteiger partial charge in [-0.2, -0.15) is 0 Å². The number of hydrogen-bond acceptors (Lipinski definition) is 3. The van der Waals surface area contributed by atoms with Gasteiger partial charge in [-0.15, -0.1) is 0 Å². The van der Waals surface area contributed by atoms with E-state index in [0.717, 1.165) is 0 Å². The summed E-state index contributed by atoms with van der Waals surface area (Å²) in [6, 6.07) is 18.0. The molecule has 2 atom stereocenters. The first-order valence-electron chi connectivity index (χ1n) is 6.43. The molecule has 1 heterocycles. The number of ketones is 1. The van der Waals surface area contributed by atoms with E-state index < -0.39 is 15.7 Å². The third-order valence-electron chi connectivity index (χ3n) is 3.38. The lowest BCUT2D eigenvalue weighted by molar-refractivity contribution is 0.0367. The quantitative estimate of drug-likeness (QED) is 0.814. The van der Waals surface area contributed by atoms with E-state index in [2.05, 4.69) is 0 Å². The average molecular weight is 286 g/mol. The van der Waals surface area contributed by atoms with Gasteiger partial charge in [0.25, 0.3) is 0 Å². The summed E-state index contributed by atoms with van der Waals surface area (Å²) < 4.78 is 18.2. The summed E-state index contributed by atoms with van der Waals surface area (Å²) in [5.74, 6) is 0.146. The van der Waals surface area contributed by atoms with E-state index in [4.69, 9.17) is 4.74 Å². The molecular weight excluding hydrogens is 272 g/mol. The van der Waals surface area contributed by atoms with Gasteiger partial charge in [-0.25, -0.2) is 0 Å². The van der Waals surface area contributed by atoms with Crippen molar-refractivity contribution in [3.05, 3.63) is 71.8 Å². The number of benzene rings is 2. The summed E-state index contributed by atoms with van der Waals surface area (Å²) in [6.07, 6.45) is 0. The number of hydrogen-bond donors (Lipinski definition) is 0. The van der Waals surface area contributed by atoms with Crippen LogP contribution in [-0.2, 0) is 20.5 Å². The highest BCUT2D eigenvalue weighted by Crippen LogP contribution is 2.37. The summed E-state index contributed by atoms with van der Waals surface area (Å²) in [7, 11) is -1.37. The van der Waals surface area contributed by atoms with E-state index in [1.165, 1.54) is 0 Å². The second-order valence-corrected chi connectivity index (χ2v) is 6.25. The second-order valence-electron chi connectivity index (χ2n) is 4.58. The molecule has 3 nitrogen and oxygen atoms in total. The van der Waals surface area contributed by atoms with Crippen molar-refractivity contribution in [2.75, 3.05) is 12.4 Å². The van der Waals surface area contributed by atoms with Crippen molar-refractivity contribution >= 4 is 16.6 Å². The van der Waals surface area contributed by atoms with Crippen LogP contribution in [0.2, 0.25) is 0 Å². The second kappa shape index (κ2) is 5.31. The van der Waals surface area contributed by atoms with E-state index in [1.54, 1.807) is 36.4 Å². The Morgan fingerprint density at radius 3 is 2.15 bits per heavy atom. The van der Waals surface area contributed by atoms with E-state index in [9.17, 15) is 9.00 Å². The van der Waals surface area contributed by atoms with Crippen molar-refractivity contribution in [3.63, 3.8) is 0 Å². The first-order chi connectivity index (χ1) is 9.75. The molecule has 3 rings (SSSR count). The van der Waals surface area contributed by atoms with Gasteiger partial charge in [-0.3, -0.25) is 9.00 Å². The molecule has 20 heavy (non-hydrogen) atoms. The number of rotatable bonds is 3. The minimum absolute atomic E-state index is 0.236. The summed E-state index contributed by atoms with van der Waals surface area (Å²) in [6.45, 7) is 0.333. The summed E-state index contributed by atoms with van der Waals surface area (Å²) >= 11 is 0. The van der Waals surface area contributed by atoms with Gasteiger partial charge in [0, 0.05) is 11.1 Å². The molecular formula is C16H14O3S. The number of ether oxygens (including phenoxy) is 1. The minimum Gasteiger partial charge on any atom is -0.350 e. The third kappa shape index (κ3) is 2.01. The van der Waals surface area contributed by atoms with E-state index in [1.807, 2.05) is 24.3 Å². The predicted octanol–water partition coefficient (Wildman–Crippen LogP) is 2.50. The minimum atomic E-state index is -1.37. The Hall–Kier alpha value is -1.78. The van der Waals surface area contributed by atoms with Crippen LogP contribution in [0.3, 0.4) is 0 Å². The van der Waals surface area contributed by atoms with Gasteiger partial charge in [-0.1, -0.05) is 60.7 Å². The summed E-state index contributed by atoms with van der Waals surface area (Å²) in [5.41, 5.74) is 1.18. The van der Waals surface area contributed by atoms with E-state index in [0.29, 0.717) is 23.5 Å². The van der Waals surface area contributed by atoms with Crippen LogP contribution < -0.4 is 0 Å². The normalized spacial score (nSPS) is 25.5. The third-order valence-corrected chi connectivity index (χ3v) is 5.10. The molecule has 0 N–H and O–H groups in total. The Morgan fingerprint density at radius 1 is 1.00 bits per heavy atom. The topological polar surface area (TPSA) is 43.4 Å². The fourth-order valence-corrected chi connectivity index (χ4v) is 3.88. The first-order valence-corrected chi connectivity index (χ1v) is 7.75. The van der Waals surface area contributed by atoms with Crippen molar-refractivity contribution in [1.82, 2.24) is 0 Å². The fourth-order valence-electron chi connectivity index (χ4n) is 2.42. The van der Waals surface area contributed by atoms with Gasteiger partial charge >= 0.3 is 0 Å². The fraction of sp³-hybridized carbons (Fsp3) is 0.188. The Kier molecular flexibility index (Phi) is 3.51. The smallest absolute Gasteiger partial charge is 0.231 e.